The van der Waals surface area contributed by atoms with E-state index in [4.69, 9.17) is 14.3 Å². The van der Waals surface area contributed by atoms with Crippen molar-refractivity contribution in [3.05, 3.63) is 102 Å². The van der Waals surface area contributed by atoms with E-state index in [1.807, 2.05) is 67.9 Å². The summed E-state index contributed by atoms with van der Waals surface area (Å²) >= 11 is 4.64. The van der Waals surface area contributed by atoms with Crippen LogP contribution >= 0.6 is 11.6 Å². The lowest BCUT2D eigenvalue weighted by Crippen LogP contribution is -2.12. The van der Waals surface area contributed by atoms with Crippen LogP contribution < -0.4 is 15.0 Å². The normalized spacial score (nSPS) is 10.7. The van der Waals surface area contributed by atoms with E-state index in [0.29, 0.717) is 17.7 Å². The molecule has 0 saturated heterocycles. The number of aliphatic hydroxyl groups excluding tert-OH is 1. The van der Waals surface area contributed by atoms with Crippen LogP contribution in [0.2, 0.25) is 0 Å². The highest BCUT2D eigenvalue weighted by Gasteiger charge is 2.21. The molecule has 0 unspecified atom stereocenters. The van der Waals surface area contributed by atoms with Crippen LogP contribution in [0, 0.1) is 6.92 Å². The largest absolute Gasteiger partial charge is 0.496 e. The number of aryl methyl sites for hydroxylation is 1. The smallest absolute Gasteiger partial charge is 0.185 e. The van der Waals surface area contributed by atoms with E-state index < -0.39 is 0 Å². The second-order valence-corrected chi connectivity index (χ2v) is 9.77. The van der Waals surface area contributed by atoms with Gasteiger partial charge in [-0.25, -0.2) is 4.98 Å². The Labute approximate surface area is 281 Å². The number of fused-ring (bicyclic) bond motifs is 5. The first kappa shape index (κ1) is 38.3. The SMILES string of the molecule is CC.CCl.CNc1ccc2nc(C=O)cn2c1.CO.COc1cc2c(c3c(C)cccc13)CCN2C.O=Cc1cc2ccccc2o1. The third-order valence-corrected chi connectivity index (χ3v) is 7.19. The van der Waals surface area contributed by atoms with Crippen molar-refractivity contribution in [1.29, 1.82) is 0 Å². The van der Waals surface area contributed by atoms with Crippen molar-refractivity contribution >= 4 is 62.9 Å². The molecule has 0 fully saturated rings. The van der Waals surface area contributed by atoms with Crippen molar-refractivity contribution in [3.8, 4) is 5.75 Å². The number of carbonyl (C=O) groups excluding carboxylic acids is 2. The molecule has 0 bridgehead atoms. The molecule has 0 saturated carbocycles. The van der Waals surface area contributed by atoms with E-state index in [9.17, 15) is 9.59 Å². The maximum atomic E-state index is 10.4. The lowest BCUT2D eigenvalue weighted by Gasteiger charge is -2.16. The van der Waals surface area contributed by atoms with Crippen LogP contribution in [0.1, 0.15) is 46.0 Å². The summed E-state index contributed by atoms with van der Waals surface area (Å²) in [7, 11) is 6.74. The average molecular weight is 661 g/mol. The Bertz CT molecular complexity index is 1830. The maximum absolute atomic E-state index is 10.4. The van der Waals surface area contributed by atoms with Gasteiger partial charge in [-0.15, -0.1) is 11.6 Å². The Morgan fingerprint density at radius 1 is 0.979 bits per heavy atom. The molecule has 47 heavy (non-hydrogen) atoms. The van der Waals surface area contributed by atoms with Crippen LogP contribution in [0.5, 0.6) is 5.75 Å². The number of hydrogen-bond donors (Lipinski definition) is 2. The average Bonchev–Trinajstić information content (AvgIpc) is 3.87. The topological polar surface area (TPSA) is 109 Å². The number of nitrogens with zero attached hydrogens (tertiary/aromatic N) is 3. The number of alkyl halides is 1. The number of carbonyl (C=O) groups is 2. The summed E-state index contributed by atoms with van der Waals surface area (Å²) in [5.74, 6) is 1.36. The predicted molar refractivity (Wildman–Crippen MR) is 195 cm³/mol. The lowest BCUT2D eigenvalue weighted by atomic mass is 9.97. The van der Waals surface area contributed by atoms with E-state index in [1.54, 1.807) is 19.4 Å². The zero-order valence-corrected chi connectivity index (χ0v) is 29.1. The first-order valence-electron chi connectivity index (χ1n) is 15.1. The number of likely N-dealkylation sites (N-methyl/N-ethyl adjacent to an activating group) is 1. The van der Waals surface area contributed by atoms with Gasteiger partial charge in [-0.3, -0.25) is 9.59 Å². The molecule has 1 aliphatic rings. The minimum absolute atomic E-state index is 0.381. The van der Waals surface area contributed by atoms with Crippen molar-refractivity contribution in [1.82, 2.24) is 9.38 Å². The molecule has 250 valence electrons. The predicted octanol–water partition coefficient (Wildman–Crippen LogP) is 8.07. The maximum Gasteiger partial charge on any atom is 0.185 e. The van der Waals surface area contributed by atoms with Crippen LogP contribution in [-0.4, -0.2) is 68.3 Å². The molecule has 7 rings (SSSR count). The van der Waals surface area contributed by atoms with E-state index in [1.165, 1.54) is 34.0 Å². The molecule has 3 aromatic heterocycles. The van der Waals surface area contributed by atoms with Crippen LogP contribution in [0.25, 0.3) is 27.4 Å². The standard InChI is InChI=1S/C15H17NO.C9H9N3O.C9H6O2.C2H6.CH3Cl.CH4O/c1-10-5-4-6-12-14(17-3)9-13-11(15(10)12)7-8-16(13)2;1-10-7-2-3-9-11-8(6-13)5-12(9)4-7;10-6-8-5-7-3-1-2-4-9(7)11-8;3*1-2/h4-6,9H,7-8H2,1-3H3;2-6,10H,1H3;1-6H;1-2H3;1H3;2H,1H3. The van der Waals surface area contributed by atoms with Gasteiger partial charge < -0.3 is 28.9 Å². The molecule has 0 amide bonds. The number of aldehydes is 2. The van der Waals surface area contributed by atoms with Gasteiger partial charge in [0.1, 0.15) is 22.7 Å². The minimum atomic E-state index is 0.381. The molecule has 10 heteroatoms. The Morgan fingerprint density at radius 3 is 2.34 bits per heavy atom. The van der Waals surface area contributed by atoms with Crippen molar-refractivity contribution in [3.63, 3.8) is 0 Å². The van der Waals surface area contributed by atoms with Crippen LogP contribution in [-0.2, 0) is 6.42 Å². The Morgan fingerprint density at radius 2 is 1.70 bits per heavy atom. The summed E-state index contributed by atoms with van der Waals surface area (Å²) in [6.45, 7) is 7.28. The monoisotopic (exact) mass is 660 g/mol. The number of aromatic nitrogens is 2. The number of imidazole rings is 1. The number of aliphatic hydroxyl groups is 1. The van der Waals surface area contributed by atoms with Gasteiger partial charge in [-0.1, -0.05) is 50.2 Å². The number of pyridine rings is 1. The van der Waals surface area contributed by atoms with Crippen molar-refractivity contribution < 1.29 is 23.8 Å². The number of halogens is 1. The Kier molecular flexibility index (Phi) is 16.0. The molecular weight excluding hydrogens is 616 g/mol. The van der Waals surface area contributed by atoms with E-state index in [-0.39, 0.29) is 0 Å². The highest BCUT2D eigenvalue weighted by atomic mass is 35.5. The third-order valence-electron chi connectivity index (χ3n) is 7.19. The summed E-state index contributed by atoms with van der Waals surface area (Å²) < 4.78 is 12.5. The number of ether oxygens (including phenoxy) is 1. The fourth-order valence-corrected chi connectivity index (χ4v) is 5.13. The van der Waals surface area contributed by atoms with Gasteiger partial charge in [0.25, 0.3) is 0 Å². The third kappa shape index (κ3) is 9.34. The summed E-state index contributed by atoms with van der Waals surface area (Å²) in [6, 6.07) is 21.6. The van der Waals surface area contributed by atoms with Crippen LogP contribution in [0.15, 0.2) is 83.5 Å². The van der Waals surface area contributed by atoms with Gasteiger partial charge in [0.15, 0.2) is 18.3 Å². The summed E-state index contributed by atoms with van der Waals surface area (Å²) in [6.07, 6.45) is 7.64. The van der Waals surface area contributed by atoms with Gasteiger partial charge in [-0.05, 0) is 54.1 Å². The molecule has 1 aliphatic heterocycles. The molecule has 0 radical (unpaired) electrons. The number of para-hydroxylation sites is 1. The number of benzene rings is 3. The first-order valence-corrected chi connectivity index (χ1v) is 15.9. The number of anilines is 2. The molecule has 6 aromatic rings. The van der Waals surface area contributed by atoms with Gasteiger partial charge in [0.2, 0.25) is 0 Å². The molecule has 0 atom stereocenters. The second kappa shape index (κ2) is 19.6. The molecule has 0 aliphatic carbocycles. The van der Waals surface area contributed by atoms with E-state index in [2.05, 4.69) is 65.0 Å². The zero-order chi connectivity index (χ0) is 34.9. The zero-order valence-electron chi connectivity index (χ0n) is 28.4. The first-order chi connectivity index (χ1) is 22.9. The summed E-state index contributed by atoms with van der Waals surface area (Å²) in [4.78, 5) is 27.1. The van der Waals surface area contributed by atoms with E-state index in [0.717, 1.165) is 54.4 Å². The Balaban J connectivity index is 0.000000231. The number of furan rings is 1. The fourth-order valence-electron chi connectivity index (χ4n) is 5.13. The summed E-state index contributed by atoms with van der Waals surface area (Å²) in [5.41, 5.74) is 7.12. The van der Waals surface area contributed by atoms with Crippen LogP contribution in [0.3, 0.4) is 0 Å². The minimum Gasteiger partial charge on any atom is -0.496 e. The quantitative estimate of drug-likeness (QED) is 0.144. The van der Waals surface area contributed by atoms with Gasteiger partial charge in [0, 0.05) is 69.1 Å². The number of methoxy groups -OCH3 is 1. The van der Waals surface area contributed by atoms with Crippen molar-refractivity contribution in [2.75, 3.05) is 51.5 Å². The Hall–Kier alpha value is -4.86. The number of rotatable bonds is 4. The van der Waals surface area contributed by atoms with E-state index >= 15 is 0 Å². The van der Waals surface area contributed by atoms with Crippen LogP contribution in [0.4, 0.5) is 11.4 Å². The highest BCUT2D eigenvalue weighted by molar-refractivity contribution is 6.15. The van der Waals surface area contributed by atoms with Crippen molar-refractivity contribution in [2.24, 2.45) is 0 Å². The number of hydrogen-bond acceptors (Lipinski definition) is 8. The lowest BCUT2D eigenvalue weighted by molar-refractivity contribution is 0.110. The van der Waals surface area contributed by atoms with Gasteiger partial charge in [-0.2, -0.15) is 0 Å². The second-order valence-electron chi connectivity index (χ2n) is 9.77. The molecule has 2 N–H and O–H groups in total. The van der Waals surface area contributed by atoms with Crippen molar-refractivity contribution in [2.45, 2.75) is 27.2 Å². The number of nitrogens with one attached hydrogen (secondary N) is 1. The van der Waals surface area contributed by atoms with Gasteiger partial charge >= 0.3 is 0 Å². The van der Waals surface area contributed by atoms with Gasteiger partial charge in [0.05, 0.1) is 12.8 Å². The molecule has 4 heterocycles. The molecule has 3 aromatic carbocycles. The molecule has 9 nitrogen and oxygen atoms in total. The molecule has 0 spiro atoms. The fraction of sp³-hybridized carbons (Fsp3) is 0.270. The molecular formula is C37H45ClN4O5. The summed E-state index contributed by atoms with van der Waals surface area (Å²) in [5, 5.41) is 13.6. The highest BCUT2D eigenvalue weighted by Crippen LogP contribution is 2.40.